The lowest BCUT2D eigenvalue weighted by Crippen LogP contribution is -2.23. The number of nitrogens with zero attached hydrogens (tertiary/aromatic N) is 1. The topological polar surface area (TPSA) is 21.7 Å². The first-order valence-electron chi connectivity index (χ1n) is 8.91. The summed E-state index contributed by atoms with van der Waals surface area (Å²) in [5.41, 5.74) is 2.45. The van der Waals surface area contributed by atoms with Crippen molar-refractivity contribution < 1.29 is 9.47 Å². The average molecular weight is 325 g/mol. The Morgan fingerprint density at radius 1 is 0.833 bits per heavy atom. The summed E-state index contributed by atoms with van der Waals surface area (Å²) in [6, 6.07) is 16.5. The SMILES string of the molecule is COc1cc(CN2CCCCCC2)ccc1OCc1ccccc1. The fraction of sp³-hybridized carbons (Fsp3) is 0.429. The van der Waals surface area contributed by atoms with Crippen molar-refractivity contribution in [3.05, 3.63) is 59.7 Å². The largest absolute Gasteiger partial charge is 0.493 e. The Hall–Kier alpha value is -2.00. The van der Waals surface area contributed by atoms with Crippen molar-refractivity contribution in [1.82, 2.24) is 4.90 Å². The third-order valence-corrected chi connectivity index (χ3v) is 4.57. The highest BCUT2D eigenvalue weighted by Gasteiger charge is 2.12. The first kappa shape index (κ1) is 16.8. The van der Waals surface area contributed by atoms with Crippen LogP contribution in [-0.2, 0) is 13.2 Å². The summed E-state index contributed by atoms with van der Waals surface area (Å²) in [4.78, 5) is 2.55. The lowest BCUT2D eigenvalue weighted by Gasteiger charge is -2.20. The summed E-state index contributed by atoms with van der Waals surface area (Å²) in [6.45, 7) is 3.96. The highest BCUT2D eigenvalue weighted by Crippen LogP contribution is 2.29. The molecule has 2 aromatic rings. The molecular formula is C21H27NO2. The van der Waals surface area contributed by atoms with Crippen LogP contribution in [0.1, 0.15) is 36.8 Å². The molecule has 3 rings (SSSR count). The number of likely N-dealkylation sites (tertiary alicyclic amines) is 1. The van der Waals surface area contributed by atoms with Crippen LogP contribution in [0.25, 0.3) is 0 Å². The lowest BCUT2D eigenvalue weighted by molar-refractivity contribution is 0.272. The van der Waals surface area contributed by atoms with Gasteiger partial charge in [0.25, 0.3) is 0 Å². The van der Waals surface area contributed by atoms with Gasteiger partial charge in [0.2, 0.25) is 0 Å². The minimum absolute atomic E-state index is 0.558. The quantitative estimate of drug-likeness (QED) is 0.771. The van der Waals surface area contributed by atoms with Gasteiger partial charge in [-0.3, -0.25) is 4.90 Å². The average Bonchev–Trinajstić information content (AvgIpc) is 2.90. The molecule has 3 heteroatoms. The molecular weight excluding hydrogens is 298 g/mol. The van der Waals surface area contributed by atoms with Crippen LogP contribution in [0, 0.1) is 0 Å². The number of methoxy groups -OCH3 is 1. The molecule has 0 aliphatic carbocycles. The fourth-order valence-corrected chi connectivity index (χ4v) is 3.22. The van der Waals surface area contributed by atoms with Crippen molar-refractivity contribution in [2.24, 2.45) is 0 Å². The lowest BCUT2D eigenvalue weighted by atomic mass is 10.1. The maximum Gasteiger partial charge on any atom is 0.161 e. The van der Waals surface area contributed by atoms with Gasteiger partial charge in [-0.25, -0.2) is 0 Å². The molecule has 3 nitrogen and oxygen atoms in total. The summed E-state index contributed by atoms with van der Waals surface area (Å²) in [6.07, 6.45) is 5.36. The van der Waals surface area contributed by atoms with Gasteiger partial charge < -0.3 is 9.47 Å². The highest BCUT2D eigenvalue weighted by molar-refractivity contribution is 5.43. The first-order valence-corrected chi connectivity index (χ1v) is 8.91. The molecule has 1 fully saturated rings. The molecule has 0 unspecified atom stereocenters. The molecule has 0 N–H and O–H groups in total. The molecule has 1 aliphatic rings. The first-order chi connectivity index (χ1) is 11.8. The molecule has 0 aromatic heterocycles. The Labute approximate surface area is 145 Å². The third-order valence-electron chi connectivity index (χ3n) is 4.57. The van der Waals surface area contributed by atoms with E-state index in [9.17, 15) is 0 Å². The Bertz CT molecular complexity index is 619. The van der Waals surface area contributed by atoms with E-state index in [0.717, 1.165) is 23.6 Å². The van der Waals surface area contributed by atoms with Crippen LogP contribution in [0.3, 0.4) is 0 Å². The molecule has 1 heterocycles. The molecule has 2 aromatic carbocycles. The van der Waals surface area contributed by atoms with Crippen LogP contribution in [-0.4, -0.2) is 25.1 Å². The van der Waals surface area contributed by atoms with Gasteiger partial charge in [0.05, 0.1) is 7.11 Å². The van der Waals surface area contributed by atoms with Gasteiger partial charge in [0.1, 0.15) is 6.61 Å². The Morgan fingerprint density at radius 3 is 2.29 bits per heavy atom. The number of ether oxygens (including phenoxy) is 2. The van der Waals surface area contributed by atoms with Crippen LogP contribution >= 0.6 is 0 Å². The normalized spacial score (nSPS) is 15.7. The number of rotatable bonds is 6. The molecule has 128 valence electrons. The van der Waals surface area contributed by atoms with E-state index in [1.165, 1.54) is 44.3 Å². The van der Waals surface area contributed by atoms with Gasteiger partial charge >= 0.3 is 0 Å². The zero-order valence-electron chi connectivity index (χ0n) is 14.5. The van der Waals surface area contributed by atoms with E-state index in [4.69, 9.17) is 9.47 Å². The molecule has 0 saturated carbocycles. The summed E-state index contributed by atoms with van der Waals surface area (Å²) in [5.74, 6) is 1.62. The maximum absolute atomic E-state index is 5.94. The van der Waals surface area contributed by atoms with Crippen molar-refractivity contribution in [2.75, 3.05) is 20.2 Å². The minimum Gasteiger partial charge on any atom is -0.493 e. The number of hydrogen-bond donors (Lipinski definition) is 0. The molecule has 24 heavy (non-hydrogen) atoms. The minimum atomic E-state index is 0.558. The van der Waals surface area contributed by atoms with Crippen molar-refractivity contribution in [3.63, 3.8) is 0 Å². The van der Waals surface area contributed by atoms with Crippen molar-refractivity contribution in [2.45, 2.75) is 38.8 Å². The second-order valence-electron chi connectivity index (χ2n) is 6.45. The summed E-state index contributed by atoms with van der Waals surface area (Å²) in [7, 11) is 1.71. The van der Waals surface area contributed by atoms with Crippen molar-refractivity contribution >= 4 is 0 Å². The Balaban J connectivity index is 1.63. The smallest absolute Gasteiger partial charge is 0.161 e. The van der Waals surface area contributed by atoms with Gasteiger partial charge in [0, 0.05) is 6.54 Å². The van der Waals surface area contributed by atoms with E-state index in [0.29, 0.717) is 6.61 Å². The Morgan fingerprint density at radius 2 is 1.58 bits per heavy atom. The van der Waals surface area contributed by atoms with E-state index in [-0.39, 0.29) is 0 Å². The highest BCUT2D eigenvalue weighted by atomic mass is 16.5. The van der Waals surface area contributed by atoms with Crippen molar-refractivity contribution in [1.29, 1.82) is 0 Å². The molecule has 0 amide bonds. The van der Waals surface area contributed by atoms with Crippen LogP contribution in [0.4, 0.5) is 0 Å². The van der Waals surface area contributed by atoms with Gasteiger partial charge in [-0.1, -0.05) is 49.2 Å². The van der Waals surface area contributed by atoms with E-state index in [2.05, 4.69) is 29.2 Å². The van der Waals surface area contributed by atoms with Gasteiger partial charge in [-0.2, -0.15) is 0 Å². The van der Waals surface area contributed by atoms with Crippen LogP contribution in [0.2, 0.25) is 0 Å². The van der Waals surface area contributed by atoms with Crippen LogP contribution in [0.15, 0.2) is 48.5 Å². The molecule has 0 radical (unpaired) electrons. The zero-order valence-corrected chi connectivity index (χ0v) is 14.5. The summed E-state index contributed by atoms with van der Waals surface area (Å²) < 4.78 is 11.5. The van der Waals surface area contributed by atoms with Crippen molar-refractivity contribution in [3.8, 4) is 11.5 Å². The van der Waals surface area contributed by atoms with Crippen LogP contribution in [0.5, 0.6) is 11.5 Å². The van der Waals surface area contributed by atoms with Gasteiger partial charge in [-0.15, -0.1) is 0 Å². The number of hydrogen-bond acceptors (Lipinski definition) is 3. The zero-order chi connectivity index (χ0) is 16.6. The van der Waals surface area contributed by atoms with E-state index in [1.54, 1.807) is 7.11 Å². The molecule has 0 atom stereocenters. The predicted octanol–water partition coefficient (Wildman–Crippen LogP) is 4.65. The van der Waals surface area contributed by atoms with E-state index >= 15 is 0 Å². The van der Waals surface area contributed by atoms with Crippen LogP contribution < -0.4 is 9.47 Å². The third kappa shape index (κ3) is 4.75. The second kappa shape index (κ2) is 8.74. The Kier molecular flexibility index (Phi) is 6.13. The standard InChI is InChI=1S/C21H27NO2/c1-23-21-15-19(16-22-13-7-2-3-8-14-22)11-12-20(21)24-17-18-9-5-4-6-10-18/h4-6,9-12,15H,2-3,7-8,13-14,16-17H2,1H3. The van der Waals surface area contributed by atoms with E-state index in [1.807, 2.05) is 24.3 Å². The fourth-order valence-electron chi connectivity index (χ4n) is 3.22. The molecule has 0 spiro atoms. The van der Waals surface area contributed by atoms with Gasteiger partial charge in [-0.05, 0) is 49.2 Å². The van der Waals surface area contributed by atoms with E-state index < -0.39 is 0 Å². The van der Waals surface area contributed by atoms with Gasteiger partial charge in [0.15, 0.2) is 11.5 Å². The number of benzene rings is 2. The molecule has 0 bridgehead atoms. The molecule has 1 saturated heterocycles. The maximum atomic E-state index is 5.94. The summed E-state index contributed by atoms with van der Waals surface area (Å²) in [5, 5.41) is 0. The summed E-state index contributed by atoms with van der Waals surface area (Å²) >= 11 is 0. The second-order valence-corrected chi connectivity index (χ2v) is 6.45. The predicted molar refractivity (Wildman–Crippen MR) is 97.5 cm³/mol. The molecule has 1 aliphatic heterocycles. The monoisotopic (exact) mass is 325 g/mol.